The van der Waals surface area contributed by atoms with Gasteiger partial charge >= 0.3 is 0 Å². The largest absolute Gasteiger partial charge is 0.319 e. The number of amides is 1. The van der Waals surface area contributed by atoms with E-state index < -0.39 is 9.84 Å². The van der Waals surface area contributed by atoms with Gasteiger partial charge in [0.2, 0.25) is 5.91 Å². The van der Waals surface area contributed by atoms with Crippen LogP contribution in [0.2, 0.25) is 0 Å². The van der Waals surface area contributed by atoms with Crippen LogP contribution in [0.5, 0.6) is 0 Å². The lowest BCUT2D eigenvalue weighted by atomic mass is 10.2. The molecule has 2 aromatic carbocycles. The van der Waals surface area contributed by atoms with Gasteiger partial charge in [0.05, 0.1) is 34.3 Å². The molecule has 6 nitrogen and oxygen atoms in total. The van der Waals surface area contributed by atoms with E-state index in [0.717, 1.165) is 47.7 Å². The lowest BCUT2D eigenvalue weighted by molar-refractivity contribution is -0.116. The summed E-state index contributed by atoms with van der Waals surface area (Å²) in [4.78, 5) is 19.8. The maximum atomic E-state index is 13.4. The summed E-state index contributed by atoms with van der Waals surface area (Å²) in [5, 5.41) is 0.836. The van der Waals surface area contributed by atoms with Crippen LogP contribution >= 0.6 is 11.8 Å². The first-order valence-corrected chi connectivity index (χ1v) is 13.9. The van der Waals surface area contributed by atoms with Crippen LogP contribution in [0.3, 0.4) is 0 Å². The van der Waals surface area contributed by atoms with Crippen molar-refractivity contribution in [3.05, 3.63) is 54.6 Å². The summed E-state index contributed by atoms with van der Waals surface area (Å²) >= 11 is 1.43. The Labute approximate surface area is 193 Å². The SMILES string of the molecule is CCCCCn1c(SCC(=O)N(c2ccccc2)[C@@H]2CCS(=O)(=O)C2)nc2ccccc21. The Morgan fingerprint density at radius 2 is 1.88 bits per heavy atom. The Morgan fingerprint density at radius 3 is 2.59 bits per heavy atom. The second kappa shape index (κ2) is 10.1. The van der Waals surface area contributed by atoms with E-state index in [9.17, 15) is 13.2 Å². The van der Waals surface area contributed by atoms with Crippen LogP contribution in [0.15, 0.2) is 59.8 Å². The minimum atomic E-state index is -3.10. The number of carbonyl (C=O) groups is 1. The molecule has 0 aliphatic carbocycles. The number of carbonyl (C=O) groups excluding carboxylic acids is 1. The lowest BCUT2D eigenvalue weighted by Crippen LogP contribution is -2.42. The number of sulfone groups is 1. The molecule has 3 aromatic rings. The molecule has 4 rings (SSSR count). The van der Waals surface area contributed by atoms with Gasteiger partial charge in [-0.25, -0.2) is 13.4 Å². The summed E-state index contributed by atoms with van der Waals surface area (Å²) < 4.78 is 26.4. The normalized spacial score (nSPS) is 17.6. The molecule has 1 aliphatic heterocycles. The molecule has 0 unspecified atom stereocenters. The molecular formula is C24H29N3O3S2. The number of hydrogen-bond donors (Lipinski definition) is 0. The Hall–Kier alpha value is -2.32. The summed E-state index contributed by atoms with van der Waals surface area (Å²) in [5.74, 6) is 0.279. The predicted molar refractivity (Wildman–Crippen MR) is 131 cm³/mol. The number of para-hydroxylation sites is 3. The highest BCUT2D eigenvalue weighted by molar-refractivity contribution is 7.99. The van der Waals surface area contributed by atoms with Gasteiger partial charge in [0, 0.05) is 12.2 Å². The maximum Gasteiger partial charge on any atom is 0.237 e. The average Bonchev–Trinajstić information content (AvgIpc) is 3.33. The van der Waals surface area contributed by atoms with Gasteiger partial charge in [-0.1, -0.05) is 61.9 Å². The summed E-state index contributed by atoms with van der Waals surface area (Å²) in [5.41, 5.74) is 2.76. The molecule has 1 saturated heterocycles. The minimum Gasteiger partial charge on any atom is -0.319 e. The van der Waals surface area contributed by atoms with Crippen molar-refractivity contribution in [2.45, 2.75) is 50.4 Å². The lowest BCUT2D eigenvalue weighted by Gasteiger charge is -2.28. The van der Waals surface area contributed by atoms with Gasteiger partial charge in [-0.05, 0) is 37.1 Å². The van der Waals surface area contributed by atoms with Gasteiger partial charge in [0.25, 0.3) is 0 Å². The van der Waals surface area contributed by atoms with Crippen LogP contribution in [-0.2, 0) is 21.2 Å². The molecule has 1 aliphatic rings. The van der Waals surface area contributed by atoms with E-state index in [1.54, 1.807) is 4.90 Å². The molecule has 1 amide bonds. The smallest absolute Gasteiger partial charge is 0.237 e. The van der Waals surface area contributed by atoms with Gasteiger partial charge in [-0.3, -0.25) is 4.79 Å². The van der Waals surface area contributed by atoms with E-state index in [2.05, 4.69) is 17.6 Å². The number of benzene rings is 2. The molecule has 32 heavy (non-hydrogen) atoms. The number of fused-ring (bicyclic) bond motifs is 1. The summed E-state index contributed by atoms with van der Waals surface area (Å²) in [6.07, 6.45) is 3.83. The number of unbranched alkanes of at least 4 members (excludes halogenated alkanes) is 2. The summed E-state index contributed by atoms with van der Waals surface area (Å²) in [6.45, 7) is 3.05. The molecule has 1 aromatic heterocycles. The van der Waals surface area contributed by atoms with Crippen LogP contribution < -0.4 is 4.90 Å². The molecule has 0 saturated carbocycles. The number of thioether (sulfide) groups is 1. The van der Waals surface area contributed by atoms with E-state index in [0.29, 0.717) is 6.42 Å². The fourth-order valence-electron chi connectivity index (χ4n) is 4.22. The quantitative estimate of drug-likeness (QED) is 0.338. The third kappa shape index (κ3) is 5.18. The van der Waals surface area contributed by atoms with Crippen molar-refractivity contribution < 1.29 is 13.2 Å². The first kappa shape index (κ1) is 22.9. The zero-order valence-corrected chi connectivity index (χ0v) is 19.9. The summed E-state index contributed by atoms with van der Waals surface area (Å²) in [6, 6.07) is 17.1. The Balaban J connectivity index is 1.56. The van der Waals surface area contributed by atoms with E-state index in [4.69, 9.17) is 4.98 Å². The topological polar surface area (TPSA) is 72.3 Å². The third-order valence-electron chi connectivity index (χ3n) is 5.81. The van der Waals surface area contributed by atoms with Crippen LogP contribution in [0, 0.1) is 0 Å². The molecule has 2 heterocycles. The maximum absolute atomic E-state index is 13.4. The third-order valence-corrected chi connectivity index (χ3v) is 8.52. The monoisotopic (exact) mass is 471 g/mol. The Morgan fingerprint density at radius 1 is 1.12 bits per heavy atom. The number of aromatic nitrogens is 2. The number of hydrogen-bond acceptors (Lipinski definition) is 5. The molecule has 1 fully saturated rings. The number of imidazole rings is 1. The number of rotatable bonds is 9. The van der Waals surface area contributed by atoms with E-state index >= 15 is 0 Å². The van der Waals surface area contributed by atoms with Crippen molar-refractivity contribution >= 4 is 44.2 Å². The molecule has 1 atom stereocenters. The van der Waals surface area contributed by atoms with Crippen molar-refractivity contribution in [2.75, 3.05) is 22.2 Å². The zero-order valence-electron chi connectivity index (χ0n) is 18.3. The van der Waals surface area contributed by atoms with Crippen LogP contribution in [-0.4, -0.2) is 47.2 Å². The van der Waals surface area contributed by atoms with Gasteiger partial charge in [-0.2, -0.15) is 0 Å². The van der Waals surface area contributed by atoms with Gasteiger partial charge in [0.15, 0.2) is 15.0 Å². The van der Waals surface area contributed by atoms with Crippen molar-refractivity contribution in [1.82, 2.24) is 9.55 Å². The Bertz CT molecular complexity index is 1180. The zero-order chi connectivity index (χ0) is 22.6. The van der Waals surface area contributed by atoms with E-state index in [1.165, 1.54) is 11.8 Å². The second-order valence-electron chi connectivity index (χ2n) is 8.19. The standard InChI is InChI=1S/C24H29N3O3S2/c1-2-3-9-15-26-22-13-8-7-12-21(22)25-24(26)31-17-23(28)27(19-10-5-4-6-11-19)20-14-16-32(29,30)18-20/h4-8,10-13,20H,2-3,9,14-18H2,1H3/t20-/m1/s1. The number of aryl methyl sites for hydroxylation is 1. The van der Waals surface area contributed by atoms with E-state index in [1.807, 2.05) is 48.5 Å². The molecule has 8 heteroatoms. The molecule has 0 N–H and O–H groups in total. The second-order valence-corrected chi connectivity index (χ2v) is 11.4. The minimum absolute atomic E-state index is 0.0217. The Kier molecular flexibility index (Phi) is 7.20. The number of anilines is 1. The van der Waals surface area contributed by atoms with Crippen molar-refractivity contribution in [2.24, 2.45) is 0 Å². The highest BCUT2D eigenvalue weighted by Crippen LogP contribution is 2.28. The van der Waals surface area contributed by atoms with Gasteiger partial charge < -0.3 is 9.47 Å². The van der Waals surface area contributed by atoms with E-state index in [-0.39, 0.29) is 29.2 Å². The van der Waals surface area contributed by atoms with Crippen molar-refractivity contribution in [3.8, 4) is 0 Å². The first-order valence-electron chi connectivity index (χ1n) is 11.1. The predicted octanol–water partition coefficient (Wildman–Crippen LogP) is 4.54. The van der Waals surface area contributed by atoms with Crippen molar-refractivity contribution in [3.63, 3.8) is 0 Å². The average molecular weight is 472 g/mol. The first-order chi connectivity index (χ1) is 15.5. The highest BCUT2D eigenvalue weighted by atomic mass is 32.2. The molecule has 0 radical (unpaired) electrons. The van der Waals surface area contributed by atoms with Crippen molar-refractivity contribution in [1.29, 1.82) is 0 Å². The molecular weight excluding hydrogens is 442 g/mol. The molecule has 170 valence electrons. The fourth-order valence-corrected chi connectivity index (χ4v) is 6.82. The molecule has 0 bridgehead atoms. The highest BCUT2D eigenvalue weighted by Gasteiger charge is 2.35. The van der Waals surface area contributed by atoms with Gasteiger partial charge in [0.1, 0.15) is 0 Å². The number of nitrogens with zero attached hydrogens (tertiary/aromatic N) is 3. The van der Waals surface area contributed by atoms with Crippen LogP contribution in [0.25, 0.3) is 11.0 Å². The fraction of sp³-hybridized carbons (Fsp3) is 0.417. The van der Waals surface area contributed by atoms with Crippen LogP contribution in [0.1, 0.15) is 32.6 Å². The summed E-state index contributed by atoms with van der Waals surface area (Å²) in [7, 11) is -3.10. The molecule has 0 spiro atoms. The van der Waals surface area contributed by atoms with Crippen LogP contribution in [0.4, 0.5) is 5.69 Å². The van der Waals surface area contributed by atoms with Gasteiger partial charge in [-0.15, -0.1) is 0 Å².